The summed E-state index contributed by atoms with van der Waals surface area (Å²) in [6, 6.07) is 14.7. The van der Waals surface area contributed by atoms with E-state index in [1.54, 1.807) is 13.3 Å². The SMILES string of the molecule is COc1ccc(-c2c(SC)cc(-c3ccccn3)oc2=O)cc1. The van der Waals surface area contributed by atoms with Crippen LogP contribution in [0.5, 0.6) is 5.75 Å². The van der Waals surface area contributed by atoms with Crippen LogP contribution in [0.2, 0.25) is 0 Å². The topological polar surface area (TPSA) is 52.3 Å². The van der Waals surface area contributed by atoms with Crippen LogP contribution in [0, 0.1) is 0 Å². The number of nitrogens with zero attached hydrogens (tertiary/aromatic N) is 1. The van der Waals surface area contributed by atoms with Gasteiger partial charge in [0.05, 0.1) is 12.7 Å². The molecule has 0 N–H and O–H groups in total. The highest BCUT2D eigenvalue weighted by molar-refractivity contribution is 7.98. The summed E-state index contributed by atoms with van der Waals surface area (Å²) in [6.07, 6.45) is 3.61. The van der Waals surface area contributed by atoms with Crippen molar-refractivity contribution in [2.45, 2.75) is 4.90 Å². The van der Waals surface area contributed by atoms with Crippen molar-refractivity contribution in [3.8, 4) is 28.3 Å². The normalized spacial score (nSPS) is 10.5. The second-order valence-corrected chi connectivity index (χ2v) is 5.63. The molecule has 2 aromatic heterocycles. The molecule has 0 atom stereocenters. The highest BCUT2D eigenvalue weighted by Gasteiger charge is 2.15. The van der Waals surface area contributed by atoms with Crippen LogP contribution in [0.1, 0.15) is 0 Å². The van der Waals surface area contributed by atoms with Gasteiger partial charge in [0.1, 0.15) is 11.4 Å². The van der Waals surface area contributed by atoms with E-state index in [-0.39, 0.29) is 5.63 Å². The number of hydrogen-bond acceptors (Lipinski definition) is 5. The van der Waals surface area contributed by atoms with E-state index >= 15 is 0 Å². The molecule has 0 unspecified atom stereocenters. The van der Waals surface area contributed by atoms with Gasteiger partial charge in [-0.2, -0.15) is 0 Å². The molecule has 5 heteroatoms. The zero-order valence-corrected chi connectivity index (χ0v) is 13.6. The molecular formula is C18H15NO3S. The molecule has 0 spiro atoms. The first-order valence-corrected chi connectivity index (χ1v) is 8.23. The van der Waals surface area contributed by atoms with Gasteiger partial charge in [0.15, 0.2) is 5.76 Å². The lowest BCUT2D eigenvalue weighted by Crippen LogP contribution is -2.06. The second kappa shape index (κ2) is 6.71. The maximum atomic E-state index is 12.5. The van der Waals surface area contributed by atoms with Crippen LogP contribution in [0.3, 0.4) is 0 Å². The van der Waals surface area contributed by atoms with Crippen molar-refractivity contribution in [1.29, 1.82) is 0 Å². The molecule has 4 nitrogen and oxygen atoms in total. The Morgan fingerprint density at radius 2 is 1.91 bits per heavy atom. The van der Waals surface area contributed by atoms with E-state index in [9.17, 15) is 4.79 Å². The molecule has 0 saturated heterocycles. The summed E-state index contributed by atoms with van der Waals surface area (Å²) in [4.78, 5) is 17.6. The first-order valence-electron chi connectivity index (χ1n) is 7.01. The second-order valence-electron chi connectivity index (χ2n) is 4.78. The lowest BCUT2D eigenvalue weighted by Gasteiger charge is -2.09. The van der Waals surface area contributed by atoms with Crippen LogP contribution in [-0.2, 0) is 0 Å². The van der Waals surface area contributed by atoms with E-state index in [2.05, 4.69) is 4.98 Å². The summed E-state index contributed by atoms with van der Waals surface area (Å²) in [5.74, 6) is 1.21. The summed E-state index contributed by atoms with van der Waals surface area (Å²) in [5, 5.41) is 0. The lowest BCUT2D eigenvalue weighted by molar-refractivity contribution is 0.415. The van der Waals surface area contributed by atoms with Gasteiger partial charge < -0.3 is 9.15 Å². The van der Waals surface area contributed by atoms with Crippen molar-refractivity contribution >= 4 is 11.8 Å². The van der Waals surface area contributed by atoms with Crippen molar-refractivity contribution in [3.05, 3.63) is 65.1 Å². The Kier molecular flexibility index (Phi) is 4.48. The highest BCUT2D eigenvalue weighted by atomic mass is 32.2. The van der Waals surface area contributed by atoms with Gasteiger partial charge in [0.2, 0.25) is 0 Å². The molecule has 23 heavy (non-hydrogen) atoms. The van der Waals surface area contributed by atoms with Crippen LogP contribution in [0.25, 0.3) is 22.6 Å². The number of pyridine rings is 1. The number of benzene rings is 1. The Balaban J connectivity index is 2.12. The summed E-state index contributed by atoms with van der Waals surface area (Å²) >= 11 is 1.50. The number of rotatable bonds is 4. The third-order valence-corrected chi connectivity index (χ3v) is 4.19. The van der Waals surface area contributed by atoms with Crippen molar-refractivity contribution < 1.29 is 9.15 Å². The molecule has 0 amide bonds. The minimum atomic E-state index is -0.373. The lowest BCUT2D eigenvalue weighted by atomic mass is 10.1. The molecule has 0 fully saturated rings. The average Bonchev–Trinajstić information content (AvgIpc) is 2.62. The maximum Gasteiger partial charge on any atom is 0.345 e. The first-order chi connectivity index (χ1) is 11.2. The molecule has 3 aromatic rings. The molecule has 3 rings (SSSR count). The molecule has 0 aliphatic carbocycles. The number of aromatic nitrogens is 1. The van der Waals surface area contributed by atoms with E-state index < -0.39 is 0 Å². The first kappa shape index (κ1) is 15.4. The van der Waals surface area contributed by atoms with Gasteiger partial charge >= 0.3 is 5.63 Å². The Bertz CT molecular complexity index is 858. The van der Waals surface area contributed by atoms with E-state index in [1.807, 2.05) is 54.8 Å². The monoisotopic (exact) mass is 325 g/mol. The van der Waals surface area contributed by atoms with Crippen LogP contribution in [0.15, 0.2) is 68.8 Å². The van der Waals surface area contributed by atoms with Crippen molar-refractivity contribution in [2.75, 3.05) is 13.4 Å². The molecule has 0 aliphatic heterocycles. The molecule has 0 radical (unpaired) electrons. The quantitative estimate of drug-likeness (QED) is 0.676. The summed E-state index contributed by atoms with van der Waals surface area (Å²) in [6.45, 7) is 0. The fraction of sp³-hybridized carbons (Fsp3) is 0.111. The molecule has 116 valence electrons. The third kappa shape index (κ3) is 3.14. The molecule has 1 aromatic carbocycles. The summed E-state index contributed by atoms with van der Waals surface area (Å²) < 4.78 is 10.6. The zero-order valence-electron chi connectivity index (χ0n) is 12.8. The zero-order chi connectivity index (χ0) is 16.2. The number of hydrogen-bond donors (Lipinski definition) is 0. The maximum absolute atomic E-state index is 12.5. The molecule has 2 heterocycles. The Morgan fingerprint density at radius 1 is 1.13 bits per heavy atom. The van der Waals surface area contributed by atoms with Gasteiger partial charge in [0.25, 0.3) is 0 Å². The van der Waals surface area contributed by atoms with E-state index in [0.29, 0.717) is 17.0 Å². The standard InChI is InChI=1S/C18H15NO3S/c1-21-13-8-6-12(7-9-13)17-16(23-2)11-15(22-18(17)20)14-5-3-4-10-19-14/h3-11H,1-2H3. The molecule has 0 bridgehead atoms. The number of ether oxygens (including phenoxy) is 1. The van der Waals surface area contributed by atoms with Gasteiger partial charge in [-0.1, -0.05) is 18.2 Å². The molecule has 0 saturated carbocycles. The van der Waals surface area contributed by atoms with Gasteiger partial charge in [0, 0.05) is 11.1 Å². The predicted molar refractivity (Wildman–Crippen MR) is 92.0 cm³/mol. The Hall–Kier alpha value is -2.53. The van der Waals surface area contributed by atoms with Gasteiger partial charge in [-0.05, 0) is 42.2 Å². The van der Waals surface area contributed by atoms with Gasteiger partial charge in [-0.3, -0.25) is 4.98 Å². The van der Waals surface area contributed by atoms with E-state index in [0.717, 1.165) is 16.2 Å². The van der Waals surface area contributed by atoms with Crippen molar-refractivity contribution in [2.24, 2.45) is 0 Å². The van der Waals surface area contributed by atoms with Gasteiger partial charge in [-0.25, -0.2) is 4.79 Å². The number of methoxy groups -OCH3 is 1. The molecule has 0 aliphatic rings. The fourth-order valence-corrected chi connectivity index (χ4v) is 2.92. The average molecular weight is 325 g/mol. The van der Waals surface area contributed by atoms with Crippen LogP contribution in [0.4, 0.5) is 0 Å². The smallest absolute Gasteiger partial charge is 0.345 e. The molecular weight excluding hydrogens is 310 g/mol. The van der Waals surface area contributed by atoms with Crippen LogP contribution < -0.4 is 10.4 Å². The minimum Gasteiger partial charge on any atom is -0.497 e. The van der Waals surface area contributed by atoms with E-state index in [4.69, 9.17) is 9.15 Å². The van der Waals surface area contributed by atoms with Crippen molar-refractivity contribution in [3.63, 3.8) is 0 Å². The largest absolute Gasteiger partial charge is 0.497 e. The Labute approximate surface area is 138 Å². The Morgan fingerprint density at radius 3 is 2.52 bits per heavy atom. The summed E-state index contributed by atoms with van der Waals surface area (Å²) in [7, 11) is 1.61. The number of thioether (sulfide) groups is 1. The highest BCUT2D eigenvalue weighted by Crippen LogP contribution is 2.31. The van der Waals surface area contributed by atoms with Gasteiger partial charge in [-0.15, -0.1) is 11.8 Å². The summed E-state index contributed by atoms with van der Waals surface area (Å²) in [5.41, 5.74) is 1.63. The fourth-order valence-electron chi connectivity index (χ4n) is 2.29. The predicted octanol–water partition coefficient (Wildman–Crippen LogP) is 4.10. The van der Waals surface area contributed by atoms with Crippen molar-refractivity contribution in [1.82, 2.24) is 4.98 Å². The van der Waals surface area contributed by atoms with Crippen LogP contribution >= 0.6 is 11.8 Å². The van der Waals surface area contributed by atoms with E-state index in [1.165, 1.54) is 11.8 Å². The minimum absolute atomic E-state index is 0.373. The van der Waals surface area contributed by atoms with Crippen LogP contribution in [-0.4, -0.2) is 18.3 Å². The third-order valence-electron chi connectivity index (χ3n) is 3.43.